The molecule has 1 amide bonds. The molecular formula is C16H19FN4O2. The monoisotopic (exact) mass is 318 g/mol. The zero-order valence-corrected chi connectivity index (χ0v) is 12.6. The summed E-state index contributed by atoms with van der Waals surface area (Å²) < 4.78 is 13.4. The Hall–Kier alpha value is -2.25. The van der Waals surface area contributed by atoms with Crippen molar-refractivity contribution in [2.24, 2.45) is 11.7 Å². The highest BCUT2D eigenvalue weighted by atomic mass is 19.1. The second-order valence-electron chi connectivity index (χ2n) is 5.82. The predicted molar refractivity (Wildman–Crippen MR) is 83.1 cm³/mol. The van der Waals surface area contributed by atoms with E-state index in [0.29, 0.717) is 36.3 Å². The maximum Gasteiger partial charge on any atom is 0.257 e. The quantitative estimate of drug-likeness (QED) is 0.783. The molecule has 1 saturated heterocycles. The minimum Gasteiger partial charge on any atom is -0.396 e. The van der Waals surface area contributed by atoms with E-state index in [1.165, 1.54) is 18.3 Å². The van der Waals surface area contributed by atoms with Crippen LogP contribution in [0.15, 0.2) is 30.5 Å². The standard InChI is InChI=1S/C16H19FN4O2/c17-12-3-1-2-10(6-12)15-13(7-19-20-15)16(23)21-8-11(4-5-22)14(18)9-21/h1-3,6-7,11,14,22H,4-5,8-9,18H2,(H,19,20). The van der Waals surface area contributed by atoms with Crippen molar-refractivity contribution in [2.45, 2.75) is 12.5 Å². The Balaban J connectivity index is 1.83. The molecule has 6 nitrogen and oxygen atoms in total. The lowest BCUT2D eigenvalue weighted by Crippen LogP contribution is -2.32. The number of rotatable bonds is 4. The summed E-state index contributed by atoms with van der Waals surface area (Å²) in [5.74, 6) is -0.468. The summed E-state index contributed by atoms with van der Waals surface area (Å²) in [5.41, 5.74) is 7.50. The number of carbonyl (C=O) groups excluding carboxylic acids is 1. The number of aliphatic hydroxyl groups is 1. The maximum atomic E-state index is 13.4. The van der Waals surface area contributed by atoms with Gasteiger partial charge in [0, 0.05) is 31.3 Å². The van der Waals surface area contributed by atoms with Crippen molar-refractivity contribution >= 4 is 5.91 Å². The molecule has 4 N–H and O–H groups in total. The first-order chi connectivity index (χ1) is 11.1. The first kappa shape index (κ1) is 15.6. The average Bonchev–Trinajstić information content (AvgIpc) is 3.15. The van der Waals surface area contributed by atoms with Crippen molar-refractivity contribution in [2.75, 3.05) is 19.7 Å². The van der Waals surface area contributed by atoms with E-state index in [1.54, 1.807) is 17.0 Å². The largest absolute Gasteiger partial charge is 0.396 e. The molecule has 0 radical (unpaired) electrons. The van der Waals surface area contributed by atoms with Crippen LogP contribution in [-0.2, 0) is 0 Å². The van der Waals surface area contributed by atoms with Gasteiger partial charge in [0.05, 0.1) is 17.5 Å². The van der Waals surface area contributed by atoms with Gasteiger partial charge < -0.3 is 15.7 Å². The lowest BCUT2D eigenvalue weighted by molar-refractivity contribution is 0.0784. The van der Waals surface area contributed by atoms with Gasteiger partial charge in [-0.1, -0.05) is 12.1 Å². The molecular weight excluding hydrogens is 299 g/mol. The topological polar surface area (TPSA) is 95.2 Å². The Morgan fingerprint density at radius 2 is 2.30 bits per heavy atom. The molecule has 0 aliphatic carbocycles. The van der Waals surface area contributed by atoms with E-state index in [2.05, 4.69) is 10.2 Å². The minimum absolute atomic E-state index is 0.0562. The van der Waals surface area contributed by atoms with Crippen molar-refractivity contribution in [3.05, 3.63) is 41.8 Å². The van der Waals surface area contributed by atoms with Crippen LogP contribution in [0.5, 0.6) is 0 Å². The van der Waals surface area contributed by atoms with E-state index >= 15 is 0 Å². The minimum atomic E-state index is -0.373. The molecule has 3 rings (SSSR count). The Morgan fingerprint density at radius 1 is 1.48 bits per heavy atom. The molecule has 1 aromatic carbocycles. The molecule has 1 aliphatic rings. The van der Waals surface area contributed by atoms with E-state index in [-0.39, 0.29) is 30.3 Å². The normalized spacial score (nSPS) is 20.9. The van der Waals surface area contributed by atoms with E-state index in [0.717, 1.165) is 0 Å². The number of benzene rings is 1. The number of aromatic nitrogens is 2. The number of hydrogen-bond donors (Lipinski definition) is 3. The van der Waals surface area contributed by atoms with Gasteiger partial charge in [0.15, 0.2) is 0 Å². The second-order valence-corrected chi connectivity index (χ2v) is 5.82. The van der Waals surface area contributed by atoms with Gasteiger partial charge in [-0.25, -0.2) is 4.39 Å². The van der Waals surface area contributed by atoms with Crippen LogP contribution in [0.1, 0.15) is 16.8 Å². The highest BCUT2D eigenvalue weighted by Gasteiger charge is 2.34. The molecule has 1 aliphatic heterocycles. The summed E-state index contributed by atoms with van der Waals surface area (Å²) in [6.45, 7) is 1.01. The molecule has 0 saturated carbocycles. The fraction of sp³-hybridized carbons (Fsp3) is 0.375. The van der Waals surface area contributed by atoms with Crippen molar-refractivity contribution in [3.8, 4) is 11.3 Å². The van der Waals surface area contributed by atoms with Crippen LogP contribution in [0, 0.1) is 11.7 Å². The lowest BCUT2D eigenvalue weighted by Gasteiger charge is -2.16. The fourth-order valence-electron chi connectivity index (χ4n) is 3.02. The van der Waals surface area contributed by atoms with E-state index in [9.17, 15) is 9.18 Å². The zero-order chi connectivity index (χ0) is 16.4. The average molecular weight is 318 g/mol. The second kappa shape index (κ2) is 6.47. The van der Waals surface area contributed by atoms with E-state index in [4.69, 9.17) is 10.8 Å². The number of amides is 1. The van der Waals surface area contributed by atoms with Crippen molar-refractivity contribution in [3.63, 3.8) is 0 Å². The number of halogens is 1. The molecule has 2 atom stereocenters. The predicted octanol–water partition coefficient (Wildman–Crippen LogP) is 0.997. The summed E-state index contributed by atoms with van der Waals surface area (Å²) in [4.78, 5) is 14.4. The smallest absolute Gasteiger partial charge is 0.257 e. The molecule has 0 bridgehead atoms. The molecule has 2 heterocycles. The Bertz CT molecular complexity index is 703. The summed E-state index contributed by atoms with van der Waals surface area (Å²) in [5, 5.41) is 15.8. The first-order valence-corrected chi connectivity index (χ1v) is 7.55. The summed E-state index contributed by atoms with van der Waals surface area (Å²) in [6, 6.07) is 5.87. The van der Waals surface area contributed by atoms with Crippen molar-refractivity contribution in [1.82, 2.24) is 15.1 Å². The number of nitrogens with zero attached hydrogens (tertiary/aromatic N) is 2. The Morgan fingerprint density at radius 3 is 3.04 bits per heavy atom. The highest BCUT2D eigenvalue weighted by molar-refractivity contribution is 5.99. The third-order valence-corrected chi connectivity index (χ3v) is 4.26. The van der Waals surface area contributed by atoms with Gasteiger partial charge in [-0.05, 0) is 24.5 Å². The van der Waals surface area contributed by atoms with Crippen molar-refractivity contribution < 1.29 is 14.3 Å². The van der Waals surface area contributed by atoms with Crippen LogP contribution in [0.4, 0.5) is 4.39 Å². The number of hydrogen-bond acceptors (Lipinski definition) is 4. The molecule has 1 fully saturated rings. The van der Waals surface area contributed by atoms with E-state index in [1.807, 2.05) is 0 Å². The number of H-pyrrole nitrogens is 1. The zero-order valence-electron chi connectivity index (χ0n) is 12.6. The van der Waals surface area contributed by atoms with Gasteiger partial charge in [-0.2, -0.15) is 5.10 Å². The third-order valence-electron chi connectivity index (χ3n) is 4.26. The van der Waals surface area contributed by atoms with Gasteiger partial charge in [0.2, 0.25) is 0 Å². The molecule has 2 aromatic rings. The Labute approximate surface area is 133 Å². The Kier molecular flexibility index (Phi) is 4.40. The highest BCUT2D eigenvalue weighted by Crippen LogP contribution is 2.26. The molecule has 2 unspecified atom stereocenters. The van der Waals surface area contributed by atoms with Crippen LogP contribution in [0.25, 0.3) is 11.3 Å². The number of aliphatic hydroxyl groups excluding tert-OH is 1. The third kappa shape index (κ3) is 3.11. The van der Waals surface area contributed by atoms with Crippen LogP contribution in [0.3, 0.4) is 0 Å². The van der Waals surface area contributed by atoms with Gasteiger partial charge in [-0.15, -0.1) is 0 Å². The number of nitrogens with one attached hydrogen (secondary N) is 1. The van der Waals surface area contributed by atoms with Crippen LogP contribution in [0.2, 0.25) is 0 Å². The first-order valence-electron chi connectivity index (χ1n) is 7.55. The number of nitrogens with two attached hydrogens (primary N) is 1. The molecule has 7 heteroatoms. The van der Waals surface area contributed by atoms with Gasteiger partial charge in [0.25, 0.3) is 5.91 Å². The molecule has 23 heavy (non-hydrogen) atoms. The maximum absolute atomic E-state index is 13.4. The van der Waals surface area contributed by atoms with E-state index < -0.39 is 0 Å². The lowest BCUT2D eigenvalue weighted by atomic mass is 10.0. The molecule has 0 spiro atoms. The number of aromatic amines is 1. The summed E-state index contributed by atoms with van der Waals surface area (Å²) in [6.07, 6.45) is 2.03. The summed E-state index contributed by atoms with van der Waals surface area (Å²) >= 11 is 0. The molecule has 122 valence electrons. The SMILES string of the molecule is NC1CN(C(=O)c2cn[nH]c2-c2cccc(F)c2)CC1CCO. The van der Waals surface area contributed by atoms with Crippen molar-refractivity contribution in [1.29, 1.82) is 0 Å². The van der Waals surface area contributed by atoms with Crippen LogP contribution in [-0.4, -0.2) is 51.8 Å². The summed E-state index contributed by atoms with van der Waals surface area (Å²) in [7, 11) is 0. The van der Waals surface area contributed by atoms with Crippen LogP contribution >= 0.6 is 0 Å². The fourth-order valence-corrected chi connectivity index (χ4v) is 3.02. The van der Waals surface area contributed by atoms with Gasteiger partial charge >= 0.3 is 0 Å². The van der Waals surface area contributed by atoms with Gasteiger partial charge in [0.1, 0.15) is 5.82 Å². The molecule has 1 aromatic heterocycles. The number of carbonyl (C=O) groups is 1. The van der Waals surface area contributed by atoms with Crippen LogP contribution < -0.4 is 5.73 Å². The number of likely N-dealkylation sites (tertiary alicyclic amines) is 1. The van der Waals surface area contributed by atoms with Gasteiger partial charge in [-0.3, -0.25) is 9.89 Å².